The van der Waals surface area contributed by atoms with E-state index in [2.05, 4.69) is 5.32 Å². The zero-order valence-electron chi connectivity index (χ0n) is 17.8. The van der Waals surface area contributed by atoms with Gasteiger partial charge < -0.3 is 14.8 Å². The average Bonchev–Trinajstić information content (AvgIpc) is 2.78. The van der Waals surface area contributed by atoms with Crippen LogP contribution in [0, 0.1) is 6.92 Å². The SMILES string of the molecule is Cc1ccccc1OCC(=O)Nc1ccc(S(=O)(=O)N2C[C@@H](C)Oc3ccccc32)cc1. The molecule has 0 saturated carbocycles. The number of sulfonamides is 1. The van der Waals surface area contributed by atoms with Gasteiger partial charge in [0, 0.05) is 5.69 Å². The molecule has 166 valence electrons. The highest BCUT2D eigenvalue weighted by atomic mass is 32.2. The molecule has 1 N–H and O–H groups in total. The lowest BCUT2D eigenvalue weighted by molar-refractivity contribution is -0.118. The number of carbonyl (C=O) groups is 1. The lowest BCUT2D eigenvalue weighted by Gasteiger charge is -2.34. The van der Waals surface area contributed by atoms with Gasteiger partial charge in [0.05, 0.1) is 17.1 Å². The van der Waals surface area contributed by atoms with Crippen molar-refractivity contribution in [2.75, 3.05) is 22.8 Å². The van der Waals surface area contributed by atoms with Gasteiger partial charge in [-0.1, -0.05) is 30.3 Å². The number of amides is 1. The number of ether oxygens (including phenoxy) is 2. The summed E-state index contributed by atoms with van der Waals surface area (Å²) in [6, 6.07) is 20.6. The first-order valence-corrected chi connectivity index (χ1v) is 11.7. The Hall–Kier alpha value is -3.52. The fraction of sp³-hybridized carbons (Fsp3) is 0.208. The lowest BCUT2D eigenvalue weighted by atomic mass is 10.2. The van der Waals surface area contributed by atoms with E-state index >= 15 is 0 Å². The predicted molar refractivity (Wildman–Crippen MR) is 123 cm³/mol. The van der Waals surface area contributed by atoms with Gasteiger partial charge in [-0.2, -0.15) is 0 Å². The molecule has 1 heterocycles. The molecule has 32 heavy (non-hydrogen) atoms. The molecule has 3 aromatic carbocycles. The molecule has 0 fully saturated rings. The minimum absolute atomic E-state index is 0.135. The van der Waals surface area contributed by atoms with Crippen molar-refractivity contribution in [2.45, 2.75) is 24.8 Å². The summed E-state index contributed by atoms with van der Waals surface area (Å²) in [7, 11) is -3.79. The second kappa shape index (κ2) is 8.92. The zero-order chi connectivity index (χ0) is 22.7. The van der Waals surface area contributed by atoms with Gasteiger partial charge in [0.25, 0.3) is 15.9 Å². The Morgan fingerprint density at radius 3 is 2.50 bits per heavy atom. The molecule has 1 aliphatic rings. The largest absolute Gasteiger partial charge is 0.487 e. The maximum absolute atomic E-state index is 13.3. The van der Waals surface area contributed by atoms with Crippen molar-refractivity contribution in [2.24, 2.45) is 0 Å². The summed E-state index contributed by atoms with van der Waals surface area (Å²) in [5.41, 5.74) is 1.93. The van der Waals surface area contributed by atoms with Gasteiger partial charge in [0.1, 0.15) is 17.6 Å². The highest BCUT2D eigenvalue weighted by Crippen LogP contribution is 2.36. The first kappa shape index (κ1) is 21.7. The third-order valence-corrected chi connectivity index (χ3v) is 6.86. The van der Waals surface area contributed by atoms with Crippen molar-refractivity contribution in [1.82, 2.24) is 0 Å². The molecule has 0 saturated heterocycles. The summed E-state index contributed by atoms with van der Waals surface area (Å²) in [6.07, 6.45) is -0.272. The monoisotopic (exact) mass is 452 g/mol. The van der Waals surface area contributed by atoms with Gasteiger partial charge in [-0.05, 0) is 61.9 Å². The molecule has 0 aliphatic carbocycles. The fourth-order valence-electron chi connectivity index (χ4n) is 3.47. The van der Waals surface area contributed by atoms with Crippen LogP contribution >= 0.6 is 0 Å². The van der Waals surface area contributed by atoms with E-state index in [1.54, 1.807) is 36.4 Å². The number of carbonyl (C=O) groups excluding carboxylic acids is 1. The van der Waals surface area contributed by atoms with Crippen LogP contribution in [-0.4, -0.2) is 33.6 Å². The van der Waals surface area contributed by atoms with E-state index in [1.165, 1.54) is 16.4 Å². The quantitative estimate of drug-likeness (QED) is 0.611. The van der Waals surface area contributed by atoms with Crippen LogP contribution in [0.15, 0.2) is 77.7 Å². The third kappa shape index (κ3) is 4.55. The van der Waals surface area contributed by atoms with Gasteiger partial charge >= 0.3 is 0 Å². The number of benzene rings is 3. The van der Waals surface area contributed by atoms with Crippen molar-refractivity contribution < 1.29 is 22.7 Å². The Kier molecular flexibility index (Phi) is 6.05. The number of aryl methyl sites for hydroxylation is 1. The molecule has 8 heteroatoms. The first-order valence-electron chi connectivity index (χ1n) is 10.2. The molecule has 0 spiro atoms. The molecule has 0 bridgehead atoms. The van der Waals surface area contributed by atoms with Crippen molar-refractivity contribution in [3.05, 3.63) is 78.4 Å². The molecule has 0 aromatic heterocycles. The van der Waals surface area contributed by atoms with Crippen LogP contribution < -0.4 is 19.1 Å². The van der Waals surface area contributed by atoms with Crippen molar-refractivity contribution in [1.29, 1.82) is 0 Å². The third-order valence-electron chi connectivity index (χ3n) is 5.06. The van der Waals surface area contributed by atoms with Crippen molar-refractivity contribution >= 4 is 27.3 Å². The van der Waals surface area contributed by atoms with Crippen LogP contribution in [0.25, 0.3) is 0 Å². The normalized spacial score (nSPS) is 15.4. The molecular formula is C24H24N2O5S. The number of hydrogen-bond acceptors (Lipinski definition) is 5. The standard InChI is InChI=1S/C24H24N2O5S/c1-17-7-3-5-9-22(17)30-16-24(27)25-19-11-13-20(14-12-19)32(28,29)26-15-18(2)31-23-10-6-4-8-21(23)26/h3-14,18H,15-16H2,1-2H3,(H,25,27)/t18-/m1/s1. The number of nitrogens with one attached hydrogen (secondary N) is 1. The number of nitrogens with zero attached hydrogens (tertiary/aromatic N) is 1. The number of para-hydroxylation sites is 3. The van der Waals surface area contributed by atoms with E-state index in [-0.39, 0.29) is 30.1 Å². The molecule has 7 nitrogen and oxygen atoms in total. The molecule has 4 rings (SSSR count). The minimum Gasteiger partial charge on any atom is -0.487 e. The molecule has 1 aliphatic heterocycles. The smallest absolute Gasteiger partial charge is 0.264 e. The maximum Gasteiger partial charge on any atom is 0.264 e. The van der Waals surface area contributed by atoms with Gasteiger partial charge in [0.2, 0.25) is 0 Å². The highest BCUT2D eigenvalue weighted by molar-refractivity contribution is 7.92. The van der Waals surface area contributed by atoms with Crippen LogP contribution in [0.5, 0.6) is 11.5 Å². The first-order chi connectivity index (χ1) is 15.3. The van der Waals surface area contributed by atoms with Crippen molar-refractivity contribution in [3.8, 4) is 11.5 Å². The second-order valence-corrected chi connectivity index (χ2v) is 9.42. The Morgan fingerprint density at radius 1 is 1.06 bits per heavy atom. The number of rotatable bonds is 6. The molecule has 1 amide bonds. The average molecular weight is 453 g/mol. The van der Waals surface area contributed by atoms with E-state index in [0.717, 1.165) is 5.56 Å². The summed E-state index contributed by atoms with van der Waals surface area (Å²) in [6.45, 7) is 3.80. The van der Waals surface area contributed by atoms with Gasteiger partial charge in [-0.3, -0.25) is 9.10 Å². The lowest BCUT2D eigenvalue weighted by Crippen LogP contribution is -2.42. The molecule has 0 radical (unpaired) electrons. The van der Waals surface area contributed by atoms with Gasteiger partial charge in [-0.15, -0.1) is 0 Å². The van der Waals surface area contributed by atoms with Gasteiger partial charge in [0.15, 0.2) is 6.61 Å². The van der Waals surface area contributed by atoms with Gasteiger partial charge in [-0.25, -0.2) is 8.42 Å². The Balaban J connectivity index is 1.45. The number of hydrogen-bond donors (Lipinski definition) is 1. The topological polar surface area (TPSA) is 84.9 Å². The zero-order valence-corrected chi connectivity index (χ0v) is 18.6. The molecule has 0 unspecified atom stereocenters. The van der Waals surface area contributed by atoms with Crippen LogP contribution in [-0.2, 0) is 14.8 Å². The van der Waals surface area contributed by atoms with E-state index in [1.807, 2.05) is 38.1 Å². The van der Waals surface area contributed by atoms with E-state index in [9.17, 15) is 13.2 Å². The van der Waals surface area contributed by atoms with Crippen molar-refractivity contribution in [3.63, 3.8) is 0 Å². The molecule has 3 aromatic rings. The Bertz CT molecular complexity index is 1230. The molecular weight excluding hydrogens is 428 g/mol. The summed E-state index contributed by atoms with van der Waals surface area (Å²) in [5.74, 6) is 0.844. The van der Waals surface area contributed by atoms with E-state index < -0.39 is 10.0 Å². The predicted octanol–water partition coefficient (Wildman–Crippen LogP) is 3.99. The van der Waals surface area contributed by atoms with Crippen LogP contribution in [0.4, 0.5) is 11.4 Å². The number of anilines is 2. The second-order valence-electron chi connectivity index (χ2n) is 7.56. The summed E-state index contributed by atoms with van der Waals surface area (Å²) >= 11 is 0. The minimum atomic E-state index is -3.79. The van der Waals surface area contributed by atoms with Crippen LogP contribution in [0.1, 0.15) is 12.5 Å². The molecule has 1 atom stereocenters. The fourth-order valence-corrected chi connectivity index (χ4v) is 5.02. The van der Waals surface area contributed by atoms with E-state index in [0.29, 0.717) is 22.9 Å². The Labute approximate surface area is 187 Å². The van der Waals surface area contributed by atoms with Crippen LogP contribution in [0.2, 0.25) is 0 Å². The van der Waals surface area contributed by atoms with Crippen LogP contribution in [0.3, 0.4) is 0 Å². The summed E-state index contributed by atoms with van der Waals surface area (Å²) in [5, 5.41) is 2.72. The highest BCUT2D eigenvalue weighted by Gasteiger charge is 2.32. The summed E-state index contributed by atoms with van der Waals surface area (Å²) < 4.78 is 39.2. The Morgan fingerprint density at radius 2 is 1.75 bits per heavy atom. The number of fused-ring (bicyclic) bond motifs is 1. The van der Waals surface area contributed by atoms with E-state index in [4.69, 9.17) is 9.47 Å². The maximum atomic E-state index is 13.3. The summed E-state index contributed by atoms with van der Waals surface area (Å²) in [4.78, 5) is 12.4.